The molecule has 122 valence electrons. The van der Waals surface area contributed by atoms with Crippen LogP contribution < -0.4 is 5.32 Å². The van der Waals surface area contributed by atoms with E-state index < -0.39 is 0 Å². The van der Waals surface area contributed by atoms with Crippen molar-refractivity contribution in [1.29, 1.82) is 0 Å². The van der Waals surface area contributed by atoms with Crippen LogP contribution in [0.25, 0.3) is 0 Å². The van der Waals surface area contributed by atoms with Crippen molar-refractivity contribution in [3.8, 4) is 0 Å². The molecule has 0 aromatic carbocycles. The lowest BCUT2D eigenvalue weighted by Crippen LogP contribution is -2.39. The number of pyridine rings is 1. The molecule has 2 heterocycles. The maximum atomic E-state index is 11.8. The molecule has 22 heavy (non-hydrogen) atoms. The fourth-order valence-electron chi connectivity index (χ4n) is 2.96. The van der Waals surface area contributed by atoms with E-state index in [-0.39, 0.29) is 5.91 Å². The summed E-state index contributed by atoms with van der Waals surface area (Å²) < 4.78 is 5.45. The highest BCUT2D eigenvalue weighted by Crippen LogP contribution is 2.28. The van der Waals surface area contributed by atoms with E-state index in [1.807, 2.05) is 19.2 Å². The van der Waals surface area contributed by atoms with Gasteiger partial charge in [0.2, 0.25) is 5.91 Å². The number of aryl methyl sites for hydroxylation is 1. The highest BCUT2D eigenvalue weighted by atomic mass is 16.5. The van der Waals surface area contributed by atoms with E-state index in [9.17, 15) is 4.79 Å². The van der Waals surface area contributed by atoms with Gasteiger partial charge in [0.25, 0.3) is 0 Å². The Morgan fingerprint density at radius 1 is 1.41 bits per heavy atom. The number of nitrogens with zero attached hydrogens (tertiary/aromatic N) is 2. The molecular formula is C17H27N3O2. The van der Waals surface area contributed by atoms with Crippen LogP contribution in [-0.2, 0) is 9.53 Å². The number of anilines is 1. The maximum Gasteiger partial charge on any atom is 0.225 e. The van der Waals surface area contributed by atoms with Gasteiger partial charge >= 0.3 is 0 Å². The maximum absolute atomic E-state index is 11.8. The Morgan fingerprint density at radius 3 is 2.77 bits per heavy atom. The van der Waals surface area contributed by atoms with Gasteiger partial charge in [0, 0.05) is 31.7 Å². The van der Waals surface area contributed by atoms with Gasteiger partial charge in [0.1, 0.15) is 5.82 Å². The number of amides is 1. The van der Waals surface area contributed by atoms with Crippen molar-refractivity contribution in [2.24, 2.45) is 0 Å². The number of hydrogen-bond donors (Lipinski definition) is 1. The van der Waals surface area contributed by atoms with E-state index in [0.717, 1.165) is 39.1 Å². The number of nitrogens with one attached hydrogen (secondary N) is 1. The molecule has 1 amide bonds. The molecule has 2 rings (SSSR count). The summed E-state index contributed by atoms with van der Waals surface area (Å²) >= 11 is 0. The Morgan fingerprint density at radius 2 is 2.14 bits per heavy atom. The van der Waals surface area contributed by atoms with Gasteiger partial charge in [0.05, 0.1) is 13.2 Å². The van der Waals surface area contributed by atoms with E-state index in [1.165, 1.54) is 11.1 Å². The zero-order chi connectivity index (χ0) is 15.9. The Hall–Kier alpha value is -1.46. The third-order valence-corrected chi connectivity index (χ3v) is 4.12. The first kappa shape index (κ1) is 16.9. The SMILES string of the molecule is CCCC(=O)Nc1cc(C(CC)N2CCOCC2)c(C)cn1. The van der Waals surface area contributed by atoms with Gasteiger partial charge in [-0.05, 0) is 37.0 Å². The lowest BCUT2D eigenvalue weighted by atomic mass is 9.99. The highest BCUT2D eigenvalue weighted by molar-refractivity contribution is 5.89. The molecule has 1 aliphatic rings. The summed E-state index contributed by atoms with van der Waals surface area (Å²) in [6, 6.07) is 2.39. The molecule has 0 aliphatic carbocycles. The predicted molar refractivity (Wildman–Crippen MR) is 87.9 cm³/mol. The van der Waals surface area contributed by atoms with Crippen LogP contribution in [0.2, 0.25) is 0 Å². The highest BCUT2D eigenvalue weighted by Gasteiger charge is 2.23. The predicted octanol–water partition coefficient (Wildman–Crippen LogP) is 2.91. The van der Waals surface area contributed by atoms with Crippen molar-refractivity contribution >= 4 is 11.7 Å². The molecule has 5 heteroatoms. The van der Waals surface area contributed by atoms with Gasteiger partial charge in [-0.25, -0.2) is 4.98 Å². The Balaban J connectivity index is 2.18. The number of aromatic nitrogens is 1. The average Bonchev–Trinajstić information content (AvgIpc) is 2.52. The third kappa shape index (κ3) is 4.27. The fraction of sp³-hybridized carbons (Fsp3) is 0.647. The molecule has 1 aromatic rings. The molecule has 1 saturated heterocycles. The fourth-order valence-corrected chi connectivity index (χ4v) is 2.96. The van der Waals surface area contributed by atoms with Crippen molar-refractivity contribution in [2.75, 3.05) is 31.6 Å². The minimum absolute atomic E-state index is 0.0317. The minimum Gasteiger partial charge on any atom is -0.379 e. The van der Waals surface area contributed by atoms with Crippen LogP contribution >= 0.6 is 0 Å². The first-order chi connectivity index (χ1) is 10.7. The molecule has 0 saturated carbocycles. The monoisotopic (exact) mass is 305 g/mol. The summed E-state index contributed by atoms with van der Waals surface area (Å²) in [6.07, 6.45) is 4.27. The summed E-state index contributed by atoms with van der Waals surface area (Å²) in [6.45, 7) is 9.79. The van der Waals surface area contributed by atoms with Crippen LogP contribution in [0, 0.1) is 6.92 Å². The van der Waals surface area contributed by atoms with E-state index in [1.54, 1.807) is 0 Å². The number of rotatable bonds is 6. The minimum atomic E-state index is 0.0317. The Labute approximate surface area is 133 Å². The van der Waals surface area contributed by atoms with Crippen LogP contribution in [0.15, 0.2) is 12.3 Å². The van der Waals surface area contributed by atoms with Crippen molar-refractivity contribution in [3.05, 3.63) is 23.4 Å². The first-order valence-corrected chi connectivity index (χ1v) is 8.23. The quantitative estimate of drug-likeness (QED) is 0.878. The van der Waals surface area contributed by atoms with Gasteiger partial charge in [-0.3, -0.25) is 9.69 Å². The smallest absolute Gasteiger partial charge is 0.225 e. The standard InChI is InChI=1S/C17H27N3O2/c1-4-6-17(21)19-16-11-14(13(3)12-18-16)15(5-2)20-7-9-22-10-8-20/h11-12,15H,4-10H2,1-3H3,(H,18,19,21). The van der Waals surface area contributed by atoms with Crippen molar-refractivity contribution in [2.45, 2.75) is 46.1 Å². The van der Waals surface area contributed by atoms with Crippen molar-refractivity contribution in [1.82, 2.24) is 9.88 Å². The van der Waals surface area contributed by atoms with Gasteiger partial charge in [-0.15, -0.1) is 0 Å². The normalized spacial score (nSPS) is 17.2. The van der Waals surface area contributed by atoms with Gasteiger partial charge in [-0.1, -0.05) is 13.8 Å². The summed E-state index contributed by atoms with van der Waals surface area (Å²) in [7, 11) is 0. The second-order valence-corrected chi connectivity index (χ2v) is 5.80. The molecule has 1 fully saturated rings. The molecule has 1 aromatic heterocycles. The summed E-state index contributed by atoms with van der Waals surface area (Å²) in [5, 5.41) is 2.90. The topological polar surface area (TPSA) is 54.5 Å². The largest absolute Gasteiger partial charge is 0.379 e. The molecule has 1 aliphatic heterocycles. The second kappa shape index (κ2) is 8.25. The lowest BCUT2D eigenvalue weighted by molar-refractivity contribution is -0.116. The van der Waals surface area contributed by atoms with E-state index in [2.05, 4.69) is 29.0 Å². The van der Waals surface area contributed by atoms with Crippen molar-refractivity contribution in [3.63, 3.8) is 0 Å². The van der Waals surface area contributed by atoms with E-state index >= 15 is 0 Å². The Kier molecular flexibility index (Phi) is 6.34. The molecule has 1 atom stereocenters. The Bertz CT molecular complexity index is 499. The molecule has 0 radical (unpaired) electrons. The van der Waals surface area contributed by atoms with Crippen LogP contribution in [0.1, 0.15) is 50.3 Å². The number of carbonyl (C=O) groups is 1. The third-order valence-electron chi connectivity index (χ3n) is 4.12. The number of carbonyl (C=O) groups excluding carboxylic acids is 1. The van der Waals surface area contributed by atoms with Crippen molar-refractivity contribution < 1.29 is 9.53 Å². The summed E-state index contributed by atoms with van der Waals surface area (Å²) in [4.78, 5) is 18.6. The van der Waals surface area contributed by atoms with Crippen LogP contribution in [0.4, 0.5) is 5.82 Å². The average molecular weight is 305 g/mol. The summed E-state index contributed by atoms with van der Waals surface area (Å²) in [5.74, 6) is 0.690. The van der Waals surface area contributed by atoms with E-state index in [0.29, 0.717) is 18.3 Å². The molecule has 1 unspecified atom stereocenters. The lowest BCUT2D eigenvalue weighted by Gasteiger charge is -2.35. The molecule has 0 bridgehead atoms. The van der Waals surface area contributed by atoms with Crippen LogP contribution in [0.5, 0.6) is 0 Å². The first-order valence-electron chi connectivity index (χ1n) is 8.23. The number of morpholine rings is 1. The van der Waals surface area contributed by atoms with Gasteiger partial charge in [-0.2, -0.15) is 0 Å². The van der Waals surface area contributed by atoms with E-state index in [4.69, 9.17) is 4.74 Å². The molecule has 0 spiro atoms. The number of hydrogen-bond acceptors (Lipinski definition) is 4. The number of ether oxygens (including phenoxy) is 1. The molecular weight excluding hydrogens is 278 g/mol. The van der Waals surface area contributed by atoms with Gasteiger partial charge < -0.3 is 10.1 Å². The van der Waals surface area contributed by atoms with Gasteiger partial charge in [0.15, 0.2) is 0 Å². The van der Waals surface area contributed by atoms with Crippen LogP contribution in [-0.4, -0.2) is 42.1 Å². The zero-order valence-corrected chi connectivity index (χ0v) is 13.9. The zero-order valence-electron chi connectivity index (χ0n) is 13.9. The molecule has 1 N–H and O–H groups in total. The van der Waals surface area contributed by atoms with Crippen LogP contribution in [0.3, 0.4) is 0 Å². The second-order valence-electron chi connectivity index (χ2n) is 5.80. The molecule has 5 nitrogen and oxygen atoms in total. The summed E-state index contributed by atoms with van der Waals surface area (Å²) in [5.41, 5.74) is 2.43.